The van der Waals surface area contributed by atoms with Crippen molar-refractivity contribution in [3.8, 4) is 0 Å². The van der Waals surface area contributed by atoms with E-state index >= 15 is 0 Å². The van der Waals surface area contributed by atoms with Crippen molar-refractivity contribution in [3.05, 3.63) is 30.9 Å². The summed E-state index contributed by atoms with van der Waals surface area (Å²) in [6.45, 7) is 6.61. The minimum Gasteiger partial charge on any atom is -0.348 e. The van der Waals surface area contributed by atoms with E-state index in [0.29, 0.717) is 6.04 Å². The third-order valence-corrected chi connectivity index (χ3v) is 1.69. The molecule has 1 atom stereocenters. The minimum absolute atomic E-state index is 0.465. The van der Waals surface area contributed by atoms with E-state index < -0.39 is 0 Å². The maximum atomic E-state index is 4.10. The van der Waals surface area contributed by atoms with Crippen LogP contribution in [-0.4, -0.2) is 16.0 Å². The highest BCUT2D eigenvalue weighted by molar-refractivity contribution is 4.87. The fourth-order valence-corrected chi connectivity index (χ4v) is 0.999. The van der Waals surface area contributed by atoms with Crippen LogP contribution in [0.25, 0.3) is 0 Å². The number of nitrogens with one attached hydrogen (secondary N) is 2. The normalized spacial score (nSPS) is 12.8. The molecule has 0 bridgehead atoms. The molecular formula is C9H15N3. The Kier molecular flexibility index (Phi) is 3.54. The minimum atomic E-state index is 0.465. The quantitative estimate of drug-likeness (QED) is 0.648. The predicted molar refractivity (Wildman–Crippen MR) is 49.7 cm³/mol. The molecular weight excluding hydrogens is 150 g/mol. The lowest BCUT2D eigenvalue weighted by atomic mass is 10.2. The monoisotopic (exact) mass is 165 g/mol. The van der Waals surface area contributed by atoms with E-state index in [4.69, 9.17) is 0 Å². The van der Waals surface area contributed by atoms with Crippen molar-refractivity contribution < 1.29 is 0 Å². The van der Waals surface area contributed by atoms with E-state index in [0.717, 1.165) is 18.8 Å². The highest BCUT2D eigenvalue weighted by Crippen LogP contribution is 1.93. The van der Waals surface area contributed by atoms with Crippen LogP contribution in [0.15, 0.2) is 25.0 Å². The summed E-state index contributed by atoms with van der Waals surface area (Å²) >= 11 is 0. The molecule has 0 saturated heterocycles. The zero-order valence-electron chi connectivity index (χ0n) is 7.38. The second-order valence-electron chi connectivity index (χ2n) is 2.84. The highest BCUT2D eigenvalue weighted by Gasteiger charge is 1.98. The van der Waals surface area contributed by atoms with Gasteiger partial charge < -0.3 is 10.3 Å². The van der Waals surface area contributed by atoms with Crippen LogP contribution in [-0.2, 0) is 6.54 Å². The van der Waals surface area contributed by atoms with Gasteiger partial charge in [0.2, 0.25) is 0 Å². The van der Waals surface area contributed by atoms with E-state index in [-0.39, 0.29) is 0 Å². The Bertz CT molecular complexity index is 216. The molecule has 0 amide bonds. The molecule has 0 radical (unpaired) electrons. The topological polar surface area (TPSA) is 40.7 Å². The van der Waals surface area contributed by atoms with E-state index in [1.807, 2.05) is 12.3 Å². The molecule has 1 heterocycles. The molecule has 0 aliphatic heterocycles. The van der Waals surface area contributed by atoms with Crippen LogP contribution in [0.5, 0.6) is 0 Å². The Labute approximate surface area is 72.9 Å². The van der Waals surface area contributed by atoms with Crippen molar-refractivity contribution in [2.45, 2.75) is 25.9 Å². The van der Waals surface area contributed by atoms with Crippen LogP contribution in [0.4, 0.5) is 0 Å². The summed E-state index contributed by atoms with van der Waals surface area (Å²) in [5.41, 5.74) is 0. The van der Waals surface area contributed by atoms with E-state index in [1.165, 1.54) is 0 Å². The lowest BCUT2D eigenvalue weighted by Gasteiger charge is -2.09. The van der Waals surface area contributed by atoms with Gasteiger partial charge in [-0.1, -0.05) is 6.08 Å². The predicted octanol–water partition coefficient (Wildman–Crippen LogP) is 1.46. The molecule has 0 saturated carbocycles. The Morgan fingerprint density at radius 2 is 2.67 bits per heavy atom. The van der Waals surface area contributed by atoms with Crippen molar-refractivity contribution in [3.63, 3.8) is 0 Å². The standard InChI is InChI=1S/C9H15N3/c1-3-4-8(2)12-7-9-10-5-6-11-9/h3,5-6,8,12H,1,4,7H2,2H3,(H,10,11). The second kappa shape index (κ2) is 4.72. The molecule has 0 aromatic carbocycles. The lowest BCUT2D eigenvalue weighted by molar-refractivity contribution is 0.543. The Morgan fingerprint density at radius 1 is 1.83 bits per heavy atom. The molecule has 3 heteroatoms. The van der Waals surface area contributed by atoms with E-state index in [9.17, 15) is 0 Å². The molecule has 0 spiro atoms. The number of rotatable bonds is 5. The Morgan fingerprint density at radius 3 is 3.25 bits per heavy atom. The van der Waals surface area contributed by atoms with Gasteiger partial charge in [0.15, 0.2) is 0 Å². The first-order valence-corrected chi connectivity index (χ1v) is 4.15. The summed E-state index contributed by atoms with van der Waals surface area (Å²) < 4.78 is 0. The van der Waals surface area contributed by atoms with E-state index in [2.05, 4.69) is 28.8 Å². The van der Waals surface area contributed by atoms with Gasteiger partial charge in [0.25, 0.3) is 0 Å². The van der Waals surface area contributed by atoms with E-state index in [1.54, 1.807) is 6.20 Å². The maximum Gasteiger partial charge on any atom is 0.120 e. The van der Waals surface area contributed by atoms with Gasteiger partial charge in [-0.05, 0) is 13.3 Å². The molecule has 0 aliphatic rings. The lowest BCUT2D eigenvalue weighted by Crippen LogP contribution is -2.25. The Hall–Kier alpha value is -1.09. The number of hydrogen-bond donors (Lipinski definition) is 2. The first kappa shape index (κ1) is 9.00. The van der Waals surface area contributed by atoms with Crippen LogP contribution in [0.2, 0.25) is 0 Å². The summed E-state index contributed by atoms with van der Waals surface area (Å²) in [5, 5.41) is 3.32. The van der Waals surface area contributed by atoms with Crippen molar-refractivity contribution in [1.82, 2.24) is 15.3 Å². The summed E-state index contributed by atoms with van der Waals surface area (Å²) in [4.78, 5) is 7.14. The van der Waals surface area contributed by atoms with Gasteiger partial charge in [0, 0.05) is 18.4 Å². The van der Waals surface area contributed by atoms with Gasteiger partial charge in [0.1, 0.15) is 5.82 Å². The van der Waals surface area contributed by atoms with Crippen LogP contribution in [0, 0.1) is 0 Å². The first-order chi connectivity index (χ1) is 5.83. The maximum absolute atomic E-state index is 4.10. The summed E-state index contributed by atoms with van der Waals surface area (Å²) in [7, 11) is 0. The number of nitrogens with zero attached hydrogens (tertiary/aromatic N) is 1. The molecule has 12 heavy (non-hydrogen) atoms. The number of hydrogen-bond acceptors (Lipinski definition) is 2. The molecule has 1 aromatic rings. The van der Waals surface area contributed by atoms with Crippen LogP contribution < -0.4 is 5.32 Å². The fraction of sp³-hybridized carbons (Fsp3) is 0.444. The molecule has 3 nitrogen and oxygen atoms in total. The first-order valence-electron chi connectivity index (χ1n) is 4.15. The van der Waals surface area contributed by atoms with Gasteiger partial charge in [-0.2, -0.15) is 0 Å². The third-order valence-electron chi connectivity index (χ3n) is 1.69. The number of aromatic nitrogens is 2. The average Bonchev–Trinajstić information content (AvgIpc) is 2.53. The number of imidazole rings is 1. The molecule has 1 rings (SSSR count). The van der Waals surface area contributed by atoms with Gasteiger partial charge in [-0.15, -0.1) is 6.58 Å². The van der Waals surface area contributed by atoms with Crippen molar-refractivity contribution in [2.75, 3.05) is 0 Å². The fourth-order valence-electron chi connectivity index (χ4n) is 0.999. The third kappa shape index (κ3) is 2.88. The molecule has 1 unspecified atom stereocenters. The van der Waals surface area contributed by atoms with Gasteiger partial charge in [-0.25, -0.2) is 4.98 Å². The van der Waals surface area contributed by atoms with Crippen molar-refractivity contribution >= 4 is 0 Å². The Balaban J connectivity index is 2.21. The number of H-pyrrole nitrogens is 1. The highest BCUT2D eigenvalue weighted by atomic mass is 15.0. The smallest absolute Gasteiger partial charge is 0.120 e. The molecule has 66 valence electrons. The van der Waals surface area contributed by atoms with Crippen LogP contribution in [0.3, 0.4) is 0 Å². The van der Waals surface area contributed by atoms with Crippen LogP contribution >= 0.6 is 0 Å². The van der Waals surface area contributed by atoms with Crippen molar-refractivity contribution in [1.29, 1.82) is 0 Å². The SMILES string of the molecule is C=CCC(C)NCc1ncc[nH]1. The van der Waals surface area contributed by atoms with Crippen LogP contribution in [0.1, 0.15) is 19.2 Å². The summed E-state index contributed by atoms with van der Waals surface area (Å²) in [6, 6.07) is 0.465. The molecule has 2 N–H and O–H groups in total. The molecule has 1 aromatic heterocycles. The van der Waals surface area contributed by atoms with Gasteiger partial charge in [0.05, 0.1) is 6.54 Å². The van der Waals surface area contributed by atoms with Gasteiger partial charge in [-0.3, -0.25) is 0 Å². The largest absolute Gasteiger partial charge is 0.348 e. The zero-order valence-corrected chi connectivity index (χ0v) is 7.38. The molecule has 0 aliphatic carbocycles. The number of aromatic amines is 1. The summed E-state index contributed by atoms with van der Waals surface area (Å²) in [5.74, 6) is 0.978. The zero-order chi connectivity index (χ0) is 8.81. The van der Waals surface area contributed by atoms with Gasteiger partial charge >= 0.3 is 0 Å². The average molecular weight is 165 g/mol. The van der Waals surface area contributed by atoms with Crippen molar-refractivity contribution in [2.24, 2.45) is 0 Å². The second-order valence-corrected chi connectivity index (χ2v) is 2.84. The summed E-state index contributed by atoms with van der Waals surface area (Å²) in [6.07, 6.45) is 6.49. The molecule has 0 fully saturated rings.